The second kappa shape index (κ2) is 5.99. The van der Waals surface area contributed by atoms with Crippen molar-refractivity contribution < 1.29 is 9.84 Å². The monoisotopic (exact) mass is 227 g/mol. The van der Waals surface area contributed by atoms with E-state index in [-0.39, 0.29) is 6.10 Å². The van der Waals surface area contributed by atoms with Gasteiger partial charge in [0.1, 0.15) is 0 Å². The van der Waals surface area contributed by atoms with E-state index < -0.39 is 0 Å². The third-order valence-electron chi connectivity index (χ3n) is 3.97. The SMILES string of the molecule is CCOC1CCCN([C@@H]2CCCC[C@H]2O)C1. The second-order valence-electron chi connectivity index (χ2n) is 5.13. The quantitative estimate of drug-likeness (QED) is 0.798. The predicted molar refractivity (Wildman–Crippen MR) is 64.5 cm³/mol. The molecule has 3 heteroatoms. The average molecular weight is 227 g/mol. The van der Waals surface area contributed by atoms with Crippen LogP contribution in [0.2, 0.25) is 0 Å². The zero-order valence-electron chi connectivity index (χ0n) is 10.4. The highest BCUT2D eigenvalue weighted by Gasteiger charge is 2.32. The average Bonchev–Trinajstić information content (AvgIpc) is 2.30. The van der Waals surface area contributed by atoms with Gasteiger partial charge in [0.2, 0.25) is 0 Å². The van der Waals surface area contributed by atoms with Crippen LogP contribution >= 0.6 is 0 Å². The minimum atomic E-state index is -0.103. The van der Waals surface area contributed by atoms with Crippen molar-refractivity contribution in [2.75, 3.05) is 19.7 Å². The molecule has 1 saturated heterocycles. The summed E-state index contributed by atoms with van der Waals surface area (Å²) in [7, 11) is 0. The molecule has 1 unspecified atom stereocenters. The molecule has 94 valence electrons. The van der Waals surface area contributed by atoms with E-state index in [1.807, 2.05) is 0 Å². The maximum absolute atomic E-state index is 10.1. The fourth-order valence-corrected chi connectivity index (χ4v) is 3.16. The van der Waals surface area contributed by atoms with E-state index in [1.54, 1.807) is 0 Å². The Hall–Kier alpha value is -0.120. The Morgan fingerprint density at radius 3 is 2.75 bits per heavy atom. The van der Waals surface area contributed by atoms with E-state index in [2.05, 4.69) is 11.8 Å². The van der Waals surface area contributed by atoms with E-state index >= 15 is 0 Å². The summed E-state index contributed by atoms with van der Waals surface area (Å²) in [6, 6.07) is 0.400. The van der Waals surface area contributed by atoms with Crippen LogP contribution in [0.4, 0.5) is 0 Å². The minimum Gasteiger partial charge on any atom is -0.391 e. The third-order valence-corrected chi connectivity index (χ3v) is 3.97. The van der Waals surface area contributed by atoms with Crippen LogP contribution in [0.1, 0.15) is 45.4 Å². The molecule has 0 bridgehead atoms. The van der Waals surface area contributed by atoms with Gasteiger partial charge in [0.25, 0.3) is 0 Å². The Balaban J connectivity index is 1.87. The number of likely N-dealkylation sites (tertiary alicyclic amines) is 1. The summed E-state index contributed by atoms with van der Waals surface area (Å²) < 4.78 is 5.72. The summed E-state index contributed by atoms with van der Waals surface area (Å²) in [6.07, 6.45) is 7.32. The highest BCUT2D eigenvalue weighted by atomic mass is 16.5. The number of rotatable bonds is 3. The maximum Gasteiger partial charge on any atom is 0.0702 e. The van der Waals surface area contributed by atoms with Crippen molar-refractivity contribution in [2.45, 2.75) is 63.7 Å². The molecule has 1 heterocycles. The van der Waals surface area contributed by atoms with Crippen molar-refractivity contribution >= 4 is 0 Å². The van der Waals surface area contributed by atoms with Gasteiger partial charge < -0.3 is 9.84 Å². The summed E-state index contributed by atoms with van der Waals surface area (Å²) in [5.74, 6) is 0. The molecular weight excluding hydrogens is 202 g/mol. The van der Waals surface area contributed by atoms with Gasteiger partial charge in [0, 0.05) is 19.2 Å². The van der Waals surface area contributed by atoms with E-state index in [1.165, 1.54) is 32.1 Å². The molecule has 0 radical (unpaired) electrons. The number of nitrogens with zero attached hydrogens (tertiary/aromatic N) is 1. The molecule has 2 fully saturated rings. The zero-order valence-corrected chi connectivity index (χ0v) is 10.4. The van der Waals surface area contributed by atoms with Gasteiger partial charge in [0.15, 0.2) is 0 Å². The summed E-state index contributed by atoms with van der Waals surface area (Å²) in [6.45, 7) is 5.04. The zero-order chi connectivity index (χ0) is 11.4. The van der Waals surface area contributed by atoms with Gasteiger partial charge in [-0.3, -0.25) is 4.90 Å². The Labute approximate surface area is 98.8 Å². The van der Waals surface area contributed by atoms with Gasteiger partial charge >= 0.3 is 0 Å². The number of aliphatic hydroxyl groups excluding tert-OH is 1. The van der Waals surface area contributed by atoms with Gasteiger partial charge in [-0.2, -0.15) is 0 Å². The first-order valence-electron chi connectivity index (χ1n) is 6.85. The highest BCUT2D eigenvalue weighted by Crippen LogP contribution is 2.26. The molecule has 1 N–H and O–H groups in total. The van der Waals surface area contributed by atoms with Crippen LogP contribution in [-0.4, -0.2) is 48.0 Å². The Kier molecular flexibility index (Phi) is 4.62. The van der Waals surface area contributed by atoms with Crippen molar-refractivity contribution in [3.8, 4) is 0 Å². The summed E-state index contributed by atoms with van der Waals surface area (Å²) in [4.78, 5) is 2.47. The number of piperidine rings is 1. The summed E-state index contributed by atoms with van der Waals surface area (Å²) in [5, 5.41) is 10.1. The van der Waals surface area contributed by atoms with E-state index in [0.717, 1.165) is 26.1 Å². The minimum absolute atomic E-state index is 0.103. The normalized spacial score (nSPS) is 37.5. The molecule has 0 aromatic rings. The van der Waals surface area contributed by atoms with E-state index in [4.69, 9.17) is 4.74 Å². The van der Waals surface area contributed by atoms with Crippen molar-refractivity contribution in [1.29, 1.82) is 0 Å². The standard InChI is InChI=1S/C13H25NO2/c1-2-16-11-6-5-9-14(10-11)12-7-3-4-8-13(12)15/h11-13,15H,2-10H2,1H3/t11?,12-,13-/m1/s1. The van der Waals surface area contributed by atoms with E-state index in [0.29, 0.717) is 12.1 Å². The first kappa shape index (κ1) is 12.3. The van der Waals surface area contributed by atoms with Crippen LogP contribution in [0, 0.1) is 0 Å². The smallest absolute Gasteiger partial charge is 0.0702 e. The Morgan fingerprint density at radius 1 is 1.19 bits per heavy atom. The molecule has 1 aliphatic heterocycles. The molecule has 3 nitrogen and oxygen atoms in total. The van der Waals surface area contributed by atoms with Crippen molar-refractivity contribution in [2.24, 2.45) is 0 Å². The topological polar surface area (TPSA) is 32.7 Å². The molecule has 0 spiro atoms. The Bertz CT molecular complexity index is 208. The van der Waals surface area contributed by atoms with Crippen LogP contribution in [0.25, 0.3) is 0 Å². The molecule has 0 aromatic carbocycles. The molecular formula is C13H25NO2. The predicted octanol–water partition coefficient (Wildman–Crippen LogP) is 1.79. The first-order chi connectivity index (χ1) is 7.81. The summed E-state index contributed by atoms with van der Waals surface area (Å²) in [5.41, 5.74) is 0. The van der Waals surface area contributed by atoms with Gasteiger partial charge in [-0.05, 0) is 39.2 Å². The third kappa shape index (κ3) is 2.96. The van der Waals surface area contributed by atoms with Gasteiger partial charge in [-0.25, -0.2) is 0 Å². The second-order valence-corrected chi connectivity index (χ2v) is 5.13. The van der Waals surface area contributed by atoms with Crippen LogP contribution in [0.5, 0.6) is 0 Å². The molecule has 2 aliphatic rings. The Morgan fingerprint density at radius 2 is 2.00 bits per heavy atom. The number of hydrogen-bond acceptors (Lipinski definition) is 3. The molecule has 3 atom stereocenters. The molecule has 0 aromatic heterocycles. The lowest BCUT2D eigenvalue weighted by molar-refractivity contribution is -0.0435. The lowest BCUT2D eigenvalue weighted by Crippen LogP contribution is -2.51. The van der Waals surface area contributed by atoms with Gasteiger partial charge in [-0.1, -0.05) is 12.8 Å². The highest BCUT2D eigenvalue weighted by molar-refractivity contribution is 4.86. The largest absolute Gasteiger partial charge is 0.391 e. The molecule has 1 saturated carbocycles. The number of hydrogen-bond donors (Lipinski definition) is 1. The lowest BCUT2D eigenvalue weighted by Gasteiger charge is -2.42. The van der Waals surface area contributed by atoms with Crippen molar-refractivity contribution in [1.82, 2.24) is 4.90 Å². The maximum atomic E-state index is 10.1. The van der Waals surface area contributed by atoms with Gasteiger partial charge in [0.05, 0.1) is 12.2 Å². The van der Waals surface area contributed by atoms with Crippen molar-refractivity contribution in [3.05, 3.63) is 0 Å². The van der Waals surface area contributed by atoms with Crippen LogP contribution in [0.3, 0.4) is 0 Å². The summed E-state index contributed by atoms with van der Waals surface area (Å²) >= 11 is 0. The molecule has 16 heavy (non-hydrogen) atoms. The lowest BCUT2D eigenvalue weighted by atomic mass is 9.90. The fourth-order valence-electron chi connectivity index (χ4n) is 3.16. The first-order valence-corrected chi connectivity index (χ1v) is 6.85. The van der Waals surface area contributed by atoms with Gasteiger partial charge in [-0.15, -0.1) is 0 Å². The van der Waals surface area contributed by atoms with Crippen LogP contribution in [0.15, 0.2) is 0 Å². The molecule has 2 rings (SSSR count). The number of ether oxygens (including phenoxy) is 1. The molecule has 0 amide bonds. The van der Waals surface area contributed by atoms with Crippen LogP contribution in [-0.2, 0) is 4.74 Å². The molecule has 1 aliphatic carbocycles. The van der Waals surface area contributed by atoms with Crippen LogP contribution < -0.4 is 0 Å². The van der Waals surface area contributed by atoms with Crippen molar-refractivity contribution in [3.63, 3.8) is 0 Å². The van der Waals surface area contributed by atoms with E-state index in [9.17, 15) is 5.11 Å². The fraction of sp³-hybridized carbons (Fsp3) is 1.00. The number of aliphatic hydroxyl groups is 1.